The number of methoxy groups -OCH3 is 1. The van der Waals surface area contributed by atoms with Crippen molar-refractivity contribution in [1.29, 1.82) is 0 Å². The highest BCUT2D eigenvalue weighted by Crippen LogP contribution is 2.04. The van der Waals surface area contributed by atoms with Crippen molar-refractivity contribution in [3.05, 3.63) is 24.0 Å². The Hall–Kier alpha value is -1.25. The minimum absolute atomic E-state index is 0.717. The first-order valence-corrected chi connectivity index (χ1v) is 3.15. The molecule has 0 spiro atoms. The van der Waals surface area contributed by atoms with Crippen LogP contribution in [0.5, 0.6) is 0 Å². The van der Waals surface area contributed by atoms with Crippen LogP contribution in [0, 0.1) is 0 Å². The zero-order valence-electron chi connectivity index (χ0n) is 7.01. The molecular weight excluding hydrogens is 144 g/mol. The van der Waals surface area contributed by atoms with Gasteiger partial charge in [0.2, 0.25) is 0 Å². The van der Waals surface area contributed by atoms with Gasteiger partial charge in [0, 0.05) is 0 Å². The molecule has 0 fully saturated rings. The van der Waals surface area contributed by atoms with Crippen LogP contribution in [0.3, 0.4) is 0 Å². The fraction of sp³-hybridized carbons (Fsp3) is 0.375. The van der Waals surface area contributed by atoms with Gasteiger partial charge in [-0.3, -0.25) is 0 Å². The molecule has 0 saturated carbocycles. The van der Waals surface area contributed by atoms with Crippen molar-refractivity contribution in [3.8, 4) is 0 Å². The third-order valence-corrected chi connectivity index (χ3v) is 1.17. The normalized spacial score (nSPS) is 10.6. The molecule has 0 aliphatic carbocycles. The van der Waals surface area contributed by atoms with Gasteiger partial charge in [-0.2, -0.15) is 0 Å². The van der Waals surface area contributed by atoms with Crippen molar-refractivity contribution in [3.63, 3.8) is 0 Å². The lowest BCUT2D eigenvalue weighted by Crippen LogP contribution is -1.98. The second-order valence-electron chi connectivity index (χ2n) is 2.15. The smallest absolute Gasteiger partial charge is 0.437 e. The second-order valence-corrected chi connectivity index (χ2v) is 2.15. The summed E-state index contributed by atoms with van der Waals surface area (Å²) in [7, 11) is 1.26. The maximum absolute atomic E-state index is 10.4. The van der Waals surface area contributed by atoms with E-state index in [0.717, 1.165) is 11.1 Å². The third kappa shape index (κ3) is 4.19. The lowest BCUT2D eigenvalue weighted by molar-refractivity contribution is 0.105. The van der Waals surface area contributed by atoms with Gasteiger partial charge in [0.25, 0.3) is 0 Å². The van der Waals surface area contributed by atoms with Crippen molar-refractivity contribution in [1.82, 2.24) is 0 Å². The zero-order valence-corrected chi connectivity index (χ0v) is 7.01. The van der Waals surface area contributed by atoms with E-state index in [-0.39, 0.29) is 0 Å². The molecule has 0 aliphatic heterocycles. The van der Waals surface area contributed by atoms with Crippen molar-refractivity contribution in [2.45, 2.75) is 13.8 Å². The maximum atomic E-state index is 10.4. The number of rotatable bonds is 2. The number of carbonyl (C=O) groups is 1. The molecule has 0 aromatic rings. The average Bonchev–Trinajstić information content (AvgIpc) is 1.99. The Bertz CT molecular complexity index is 192. The van der Waals surface area contributed by atoms with Crippen LogP contribution in [0.25, 0.3) is 0 Å². The van der Waals surface area contributed by atoms with Crippen LogP contribution < -0.4 is 0 Å². The van der Waals surface area contributed by atoms with Crippen LogP contribution >= 0.6 is 0 Å². The Balaban J connectivity index is 3.92. The molecule has 0 N–H and O–H groups in total. The molecule has 11 heavy (non-hydrogen) atoms. The Morgan fingerprint density at radius 2 is 2.00 bits per heavy atom. The van der Waals surface area contributed by atoms with Crippen molar-refractivity contribution < 1.29 is 14.3 Å². The first-order chi connectivity index (χ1) is 5.07. The Morgan fingerprint density at radius 1 is 1.45 bits per heavy atom. The average molecular weight is 156 g/mol. The van der Waals surface area contributed by atoms with Gasteiger partial charge in [0.1, 0.15) is 6.26 Å². The van der Waals surface area contributed by atoms with E-state index >= 15 is 0 Å². The largest absolute Gasteiger partial charge is 0.512 e. The predicted octanol–water partition coefficient (Wildman–Crippen LogP) is 2.25. The summed E-state index contributed by atoms with van der Waals surface area (Å²) in [5, 5.41) is 0. The van der Waals surface area contributed by atoms with Crippen molar-refractivity contribution in [2.75, 3.05) is 7.11 Å². The molecule has 62 valence electrons. The second kappa shape index (κ2) is 4.55. The topological polar surface area (TPSA) is 35.5 Å². The predicted molar refractivity (Wildman–Crippen MR) is 42.1 cm³/mol. The molecule has 0 amide bonds. The maximum Gasteiger partial charge on any atom is 0.512 e. The lowest BCUT2D eigenvalue weighted by Gasteiger charge is -1.99. The standard InChI is InChI=1S/C8H12O3/c1-6(2)7(3)5-11-8(9)10-4/h5H,1H2,2-4H3/b7-5-. The molecule has 3 nitrogen and oxygen atoms in total. The van der Waals surface area contributed by atoms with E-state index in [4.69, 9.17) is 0 Å². The van der Waals surface area contributed by atoms with E-state index < -0.39 is 6.16 Å². The van der Waals surface area contributed by atoms with Gasteiger partial charge in [-0.15, -0.1) is 0 Å². The Morgan fingerprint density at radius 3 is 2.36 bits per heavy atom. The van der Waals surface area contributed by atoms with Crippen LogP contribution in [-0.4, -0.2) is 13.3 Å². The highest BCUT2D eigenvalue weighted by atomic mass is 16.7. The van der Waals surface area contributed by atoms with Gasteiger partial charge < -0.3 is 9.47 Å². The van der Waals surface area contributed by atoms with Crippen LogP contribution in [-0.2, 0) is 9.47 Å². The molecule has 0 aromatic heterocycles. The molecule has 0 unspecified atom stereocenters. The van der Waals surface area contributed by atoms with Crippen LogP contribution in [0.1, 0.15) is 13.8 Å². The number of ether oxygens (including phenoxy) is 2. The molecule has 0 aliphatic rings. The van der Waals surface area contributed by atoms with Gasteiger partial charge in [-0.25, -0.2) is 4.79 Å². The third-order valence-electron chi connectivity index (χ3n) is 1.17. The zero-order chi connectivity index (χ0) is 8.85. The SMILES string of the molecule is C=C(C)/C(C)=C\OC(=O)OC. The molecule has 0 bridgehead atoms. The Labute approximate surface area is 66.3 Å². The van der Waals surface area contributed by atoms with Crippen LogP contribution in [0.2, 0.25) is 0 Å². The van der Waals surface area contributed by atoms with Gasteiger partial charge >= 0.3 is 6.16 Å². The summed E-state index contributed by atoms with van der Waals surface area (Å²) in [5.74, 6) is 0. The van der Waals surface area contributed by atoms with E-state index in [1.807, 2.05) is 6.92 Å². The molecule has 0 saturated heterocycles. The molecule has 0 aromatic carbocycles. The highest BCUT2D eigenvalue weighted by molar-refractivity contribution is 5.60. The molecule has 0 rings (SSSR count). The molecule has 3 heteroatoms. The van der Waals surface area contributed by atoms with E-state index in [9.17, 15) is 4.79 Å². The number of hydrogen-bond donors (Lipinski definition) is 0. The summed E-state index contributed by atoms with van der Waals surface area (Å²) in [6.07, 6.45) is 0.597. The first-order valence-electron chi connectivity index (χ1n) is 3.15. The van der Waals surface area contributed by atoms with Gasteiger partial charge in [-0.1, -0.05) is 12.2 Å². The van der Waals surface area contributed by atoms with Gasteiger partial charge in [-0.05, 0) is 19.4 Å². The summed E-state index contributed by atoms with van der Waals surface area (Å²) >= 11 is 0. The molecule has 0 atom stereocenters. The summed E-state index contributed by atoms with van der Waals surface area (Å²) in [6, 6.07) is 0. The van der Waals surface area contributed by atoms with Gasteiger partial charge in [0.05, 0.1) is 7.11 Å². The first kappa shape index (κ1) is 9.75. The van der Waals surface area contributed by atoms with Crippen molar-refractivity contribution >= 4 is 6.16 Å². The summed E-state index contributed by atoms with van der Waals surface area (Å²) in [4.78, 5) is 10.4. The number of hydrogen-bond acceptors (Lipinski definition) is 3. The molecule has 0 heterocycles. The number of carbonyl (C=O) groups excluding carboxylic acids is 1. The lowest BCUT2D eigenvalue weighted by atomic mass is 10.2. The van der Waals surface area contributed by atoms with E-state index in [2.05, 4.69) is 16.1 Å². The minimum Gasteiger partial charge on any atom is -0.437 e. The number of allylic oxidation sites excluding steroid dienone is 2. The highest BCUT2D eigenvalue weighted by Gasteiger charge is 1.97. The molecule has 0 radical (unpaired) electrons. The van der Waals surface area contributed by atoms with E-state index in [1.165, 1.54) is 13.4 Å². The van der Waals surface area contributed by atoms with Gasteiger partial charge in [0.15, 0.2) is 0 Å². The van der Waals surface area contributed by atoms with E-state index in [1.54, 1.807) is 6.92 Å². The summed E-state index contributed by atoms with van der Waals surface area (Å²) in [5.41, 5.74) is 1.67. The van der Waals surface area contributed by atoms with Crippen LogP contribution in [0.4, 0.5) is 4.79 Å². The monoisotopic (exact) mass is 156 g/mol. The van der Waals surface area contributed by atoms with Crippen LogP contribution in [0.15, 0.2) is 24.0 Å². The fourth-order valence-corrected chi connectivity index (χ4v) is 0.285. The van der Waals surface area contributed by atoms with Crippen molar-refractivity contribution in [2.24, 2.45) is 0 Å². The Kier molecular flexibility index (Phi) is 4.03. The summed E-state index contributed by atoms with van der Waals surface area (Å²) < 4.78 is 8.78. The quantitative estimate of drug-likeness (QED) is 0.349. The minimum atomic E-state index is -0.717. The molecular formula is C8H12O3. The van der Waals surface area contributed by atoms with E-state index in [0.29, 0.717) is 0 Å². The fourth-order valence-electron chi connectivity index (χ4n) is 0.285. The summed E-state index contributed by atoms with van der Waals surface area (Å²) in [6.45, 7) is 7.28.